The van der Waals surface area contributed by atoms with E-state index in [0.717, 1.165) is 17.7 Å². The van der Waals surface area contributed by atoms with Gasteiger partial charge in [0.05, 0.1) is 23.1 Å². The zero-order valence-corrected chi connectivity index (χ0v) is 21.1. The molecule has 0 saturated carbocycles. The summed E-state index contributed by atoms with van der Waals surface area (Å²) >= 11 is 7.26. The van der Waals surface area contributed by atoms with Gasteiger partial charge in [0.25, 0.3) is 5.91 Å². The summed E-state index contributed by atoms with van der Waals surface area (Å²) in [6, 6.07) is 13.5. The molecular formula is C24H19ClF3N7OS. The first-order valence-electron chi connectivity index (χ1n) is 11.0. The van der Waals surface area contributed by atoms with E-state index in [2.05, 4.69) is 25.7 Å². The number of aromatic nitrogens is 5. The van der Waals surface area contributed by atoms with E-state index in [9.17, 15) is 18.0 Å². The van der Waals surface area contributed by atoms with Crippen molar-refractivity contribution >= 4 is 35.0 Å². The fraction of sp³-hybridized carbons (Fsp3) is 0.208. The highest BCUT2D eigenvalue weighted by Crippen LogP contribution is 2.33. The molecule has 37 heavy (non-hydrogen) atoms. The molecule has 2 aromatic heterocycles. The molecule has 8 nitrogen and oxygen atoms in total. The molecule has 5 rings (SSSR count). The number of carbonyl (C=O) groups excluding carboxylic acids is 1. The average Bonchev–Trinajstić information content (AvgIpc) is 3.46. The van der Waals surface area contributed by atoms with Crippen molar-refractivity contribution in [1.82, 2.24) is 30.0 Å². The number of hydrogen-bond donors (Lipinski definition) is 1. The Morgan fingerprint density at radius 3 is 2.49 bits per heavy atom. The Morgan fingerprint density at radius 1 is 1.11 bits per heavy atom. The summed E-state index contributed by atoms with van der Waals surface area (Å²) in [5, 5.41) is 21.3. The topological polar surface area (TPSA) is 90.0 Å². The molecule has 1 N–H and O–H groups in total. The third-order valence-electron chi connectivity index (χ3n) is 5.77. The van der Waals surface area contributed by atoms with E-state index in [0.29, 0.717) is 44.4 Å². The van der Waals surface area contributed by atoms with E-state index >= 15 is 0 Å². The predicted octanol–water partition coefficient (Wildman–Crippen LogP) is 5.21. The van der Waals surface area contributed by atoms with Crippen LogP contribution in [0, 0.1) is 0 Å². The number of nitrogens with zero attached hydrogens (tertiary/aromatic N) is 6. The lowest BCUT2D eigenvalue weighted by atomic mass is 10.1. The van der Waals surface area contributed by atoms with Crippen LogP contribution in [0.15, 0.2) is 64.9 Å². The highest BCUT2D eigenvalue weighted by atomic mass is 35.5. The number of nitrogens with one attached hydrogen (secondary N) is 1. The van der Waals surface area contributed by atoms with E-state index in [-0.39, 0.29) is 11.9 Å². The molecule has 13 heteroatoms. The van der Waals surface area contributed by atoms with Crippen LogP contribution in [0.3, 0.4) is 0 Å². The first kappa shape index (κ1) is 25.0. The minimum Gasteiger partial charge on any atom is -0.344 e. The van der Waals surface area contributed by atoms with Crippen molar-refractivity contribution in [3.05, 3.63) is 70.7 Å². The first-order valence-corrected chi connectivity index (χ1v) is 12.4. The zero-order chi connectivity index (χ0) is 26.3. The normalized spacial score (nSPS) is 14.2. The van der Waals surface area contributed by atoms with Gasteiger partial charge < -0.3 is 5.32 Å². The van der Waals surface area contributed by atoms with E-state index in [1.807, 2.05) is 19.1 Å². The smallest absolute Gasteiger partial charge is 0.344 e. The zero-order valence-electron chi connectivity index (χ0n) is 19.5. The fourth-order valence-corrected chi connectivity index (χ4v) is 4.72. The highest BCUT2D eigenvalue weighted by molar-refractivity contribution is 8.00. The Bertz CT molecular complexity index is 1490. The lowest BCUT2D eigenvalue weighted by Crippen LogP contribution is -2.36. The summed E-state index contributed by atoms with van der Waals surface area (Å²) < 4.78 is 41.8. The maximum absolute atomic E-state index is 12.9. The lowest BCUT2D eigenvalue weighted by Gasteiger charge is -2.17. The molecule has 0 saturated heterocycles. The van der Waals surface area contributed by atoms with E-state index in [1.165, 1.54) is 28.6 Å². The van der Waals surface area contributed by atoms with E-state index < -0.39 is 11.7 Å². The SMILES string of the molecule is C[C@H](NC(=O)C1=Nn2c(nnc2-c2cc(-c3ccc(C(F)(F)F)cc3)n(C)n2)SC1)c1ccc(Cl)cc1. The molecule has 0 aliphatic carbocycles. The molecule has 2 aromatic carbocycles. The van der Waals surface area contributed by atoms with Gasteiger partial charge in [-0.3, -0.25) is 9.48 Å². The summed E-state index contributed by atoms with van der Waals surface area (Å²) in [5.41, 5.74) is 2.02. The van der Waals surface area contributed by atoms with Gasteiger partial charge in [-0.05, 0) is 48.4 Å². The number of thioether (sulfide) groups is 1. The van der Waals surface area contributed by atoms with Gasteiger partial charge >= 0.3 is 6.18 Å². The molecule has 1 amide bonds. The number of fused-ring (bicyclic) bond motifs is 1. The summed E-state index contributed by atoms with van der Waals surface area (Å²) in [5.74, 6) is 0.301. The van der Waals surface area contributed by atoms with Crippen LogP contribution in [0.5, 0.6) is 0 Å². The monoisotopic (exact) mass is 545 g/mol. The number of alkyl halides is 3. The van der Waals surface area contributed by atoms with Crippen LogP contribution in [-0.4, -0.2) is 42.0 Å². The summed E-state index contributed by atoms with van der Waals surface area (Å²) in [6.07, 6.45) is -4.41. The minimum absolute atomic E-state index is 0.263. The van der Waals surface area contributed by atoms with Crippen molar-refractivity contribution in [2.24, 2.45) is 12.1 Å². The van der Waals surface area contributed by atoms with Crippen molar-refractivity contribution in [1.29, 1.82) is 0 Å². The maximum atomic E-state index is 12.9. The van der Waals surface area contributed by atoms with Gasteiger partial charge in [0.1, 0.15) is 11.4 Å². The Hall–Kier alpha value is -3.64. The molecule has 0 fully saturated rings. The molecule has 0 radical (unpaired) electrons. The molecule has 3 heterocycles. The molecule has 4 aromatic rings. The predicted molar refractivity (Wildman–Crippen MR) is 134 cm³/mol. The molecule has 0 bridgehead atoms. The average molecular weight is 546 g/mol. The van der Waals surface area contributed by atoms with Crippen molar-refractivity contribution in [3.63, 3.8) is 0 Å². The maximum Gasteiger partial charge on any atom is 0.416 e. The number of hydrogen-bond acceptors (Lipinski definition) is 6. The highest BCUT2D eigenvalue weighted by Gasteiger charge is 2.30. The molecule has 1 aliphatic heterocycles. The van der Waals surface area contributed by atoms with Crippen LogP contribution in [0.1, 0.15) is 24.1 Å². The second-order valence-electron chi connectivity index (χ2n) is 8.31. The standard InChI is InChI=1S/C24H19ClF3N7OS/c1-13(14-5-9-17(25)10-6-14)29-22(36)19-12-37-23-31-30-21(35(23)33-19)18-11-20(34(2)32-18)15-3-7-16(8-4-15)24(26,27)28/h3-11,13H,12H2,1-2H3,(H,29,36)/t13-/m0/s1. The number of aryl methyl sites for hydroxylation is 1. The Morgan fingerprint density at radius 2 is 1.81 bits per heavy atom. The summed E-state index contributed by atoms with van der Waals surface area (Å²) in [4.78, 5) is 12.9. The summed E-state index contributed by atoms with van der Waals surface area (Å²) in [7, 11) is 1.68. The second-order valence-corrected chi connectivity index (χ2v) is 9.69. The third-order valence-corrected chi connectivity index (χ3v) is 6.95. The van der Waals surface area contributed by atoms with Crippen molar-refractivity contribution < 1.29 is 18.0 Å². The van der Waals surface area contributed by atoms with Crippen LogP contribution in [-0.2, 0) is 18.0 Å². The fourth-order valence-electron chi connectivity index (χ4n) is 3.79. The lowest BCUT2D eigenvalue weighted by molar-refractivity contribution is -0.137. The Kier molecular flexibility index (Phi) is 6.54. The molecule has 1 aliphatic rings. The van der Waals surface area contributed by atoms with Gasteiger partial charge in [0.15, 0.2) is 0 Å². The number of carbonyl (C=O) groups is 1. The second kappa shape index (κ2) is 9.67. The van der Waals surface area contributed by atoms with Gasteiger partial charge in [-0.1, -0.05) is 47.6 Å². The number of benzene rings is 2. The van der Waals surface area contributed by atoms with Crippen molar-refractivity contribution in [2.75, 3.05) is 5.75 Å². The van der Waals surface area contributed by atoms with Crippen molar-refractivity contribution in [2.45, 2.75) is 24.3 Å². The number of amides is 1. The van der Waals surface area contributed by atoms with Crippen LogP contribution < -0.4 is 5.32 Å². The van der Waals surface area contributed by atoms with Crippen molar-refractivity contribution in [3.8, 4) is 22.8 Å². The van der Waals surface area contributed by atoms with E-state index in [4.69, 9.17) is 11.6 Å². The van der Waals surface area contributed by atoms with Gasteiger partial charge in [-0.25, -0.2) is 0 Å². The molecule has 0 spiro atoms. The van der Waals surface area contributed by atoms with Gasteiger partial charge in [-0.2, -0.15) is 28.0 Å². The van der Waals surface area contributed by atoms with Crippen LogP contribution in [0.4, 0.5) is 13.2 Å². The molecular weight excluding hydrogens is 527 g/mol. The quantitative estimate of drug-likeness (QED) is 0.372. The molecule has 1 atom stereocenters. The third kappa shape index (κ3) is 5.12. The Balaban J connectivity index is 1.39. The van der Waals surface area contributed by atoms with Gasteiger partial charge in [0, 0.05) is 12.1 Å². The number of rotatable bonds is 5. The van der Waals surface area contributed by atoms with Crippen LogP contribution in [0.2, 0.25) is 5.02 Å². The van der Waals surface area contributed by atoms with Crippen LogP contribution in [0.25, 0.3) is 22.8 Å². The summed E-state index contributed by atoms with van der Waals surface area (Å²) in [6.45, 7) is 1.87. The van der Waals surface area contributed by atoms with Gasteiger partial charge in [0.2, 0.25) is 11.0 Å². The number of halogens is 4. The Labute approximate surface area is 218 Å². The van der Waals surface area contributed by atoms with Crippen LogP contribution >= 0.6 is 23.4 Å². The largest absolute Gasteiger partial charge is 0.416 e. The van der Waals surface area contributed by atoms with E-state index in [1.54, 1.807) is 29.9 Å². The van der Waals surface area contributed by atoms with Gasteiger partial charge in [-0.15, -0.1) is 10.2 Å². The first-order chi connectivity index (χ1) is 17.6. The minimum atomic E-state index is -4.41. The molecule has 0 unspecified atom stereocenters. The molecule has 190 valence electrons.